The third kappa shape index (κ3) is 1.24. The number of nitrogens with one attached hydrogen (secondary N) is 2. The van der Waals surface area contributed by atoms with E-state index in [1.165, 1.54) is 6.20 Å². The summed E-state index contributed by atoms with van der Waals surface area (Å²) >= 11 is 0. The van der Waals surface area contributed by atoms with Crippen LogP contribution in [0.2, 0.25) is 0 Å². The maximum atomic E-state index is 11.5. The predicted molar refractivity (Wildman–Crippen MR) is 53.3 cm³/mol. The Kier molecular flexibility index (Phi) is 1.95. The van der Waals surface area contributed by atoms with Crippen molar-refractivity contribution in [1.29, 1.82) is 0 Å². The zero-order valence-electron chi connectivity index (χ0n) is 8.03. The highest BCUT2D eigenvalue weighted by Crippen LogP contribution is 2.05. The van der Waals surface area contributed by atoms with Crippen LogP contribution in [0.3, 0.4) is 0 Å². The number of fused-ring (bicyclic) bond motifs is 1. The van der Waals surface area contributed by atoms with Gasteiger partial charge >= 0.3 is 0 Å². The van der Waals surface area contributed by atoms with Gasteiger partial charge in [0.2, 0.25) is 5.95 Å². The van der Waals surface area contributed by atoms with Crippen LogP contribution in [0, 0.1) is 0 Å². The zero-order valence-corrected chi connectivity index (χ0v) is 8.03. The summed E-state index contributed by atoms with van der Waals surface area (Å²) in [6, 6.07) is 0. The van der Waals surface area contributed by atoms with Crippen molar-refractivity contribution in [3.8, 4) is 0 Å². The van der Waals surface area contributed by atoms with Gasteiger partial charge in [-0.1, -0.05) is 0 Å². The fourth-order valence-corrected chi connectivity index (χ4v) is 1.28. The molecule has 0 aliphatic rings. The Morgan fingerprint density at radius 2 is 2.43 bits per heavy atom. The van der Waals surface area contributed by atoms with Crippen LogP contribution in [0.25, 0.3) is 11.0 Å². The Hall–Kier alpha value is -1.85. The van der Waals surface area contributed by atoms with Crippen molar-refractivity contribution in [1.82, 2.24) is 19.7 Å². The van der Waals surface area contributed by atoms with Crippen LogP contribution in [0.4, 0.5) is 5.95 Å². The molecule has 0 spiro atoms. The summed E-state index contributed by atoms with van der Waals surface area (Å²) in [5, 5.41) is 7.42. The summed E-state index contributed by atoms with van der Waals surface area (Å²) in [6.45, 7) is 2.65. The number of nitrogens with zero attached hydrogens (tertiary/aromatic N) is 3. The highest BCUT2D eigenvalue weighted by molar-refractivity contribution is 5.74. The van der Waals surface area contributed by atoms with Crippen molar-refractivity contribution in [3.63, 3.8) is 0 Å². The smallest absolute Gasteiger partial charge is 0.263 e. The highest BCUT2D eigenvalue weighted by atomic mass is 16.1. The number of aryl methyl sites for hydroxylation is 1. The first-order valence-electron chi connectivity index (χ1n) is 4.38. The van der Waals surface area contributed by atoms with Crippen LogP contribution in [0.15, 0.2) is 11.0 Å². The van der Waals surface area contributed by atoms with Gasteiger partial charge in [-0.15, -0.1) is 0 Å². The lowest BCUT2D eigenvalue weighted by molar-refractivity contribution is 0.785. The van der Waals surface area contributed by atoms with Gasteiger partial charge in [0.1, 0.15) is 5.39 Å². The summed E-state index contributed by atoms with van der Waals surface area (Å²) in [7, 11) is 1.75. The lowest BCUT2D eigenvalue weighted by Crippen LogP contribution is -2.13. The van der Waals surface area contributed by atoms with E-state index in [4.69, 9.17) is 0 Å². The number of rotatable bonds is 2. The van der Waals surface area contributed by atoms with Crippen LogP contribution in [0.1, 0.15) is 6.92 Å². The SMILES string of the molecule is CCNc1nc2c(cnn2C)c(=O)[nH]1. The van der Waals surface area contributed by atoms with E-state index in [1.807, 2.05) is 6.92 Å². The van der Waals surface area contributed by atoms with Gasteiger partial charge in [0.05, 0.1) is 6.20 Å². The van der Waals surface area contributed by atoms with Crippen LogP contribution in [0.5, 0.6) is 0 Å². The molecular formula is C8H11N5O. The minimum atomic E-state index is -0.168. The van der Waals surface area contributed by atoms with Gasteiger partial charge in [0.25, 0.3) is 5.56 Å². The second kappa shape index (κ2) is 3.13. The molecule has 2 rings (SSSR count). The lowest BCUT2D eigenvalue weighted by atomic mass is 10.4. The van der Waals surface area contributed by atoms with Crippen molar-refractivity contribution in [2.75, 3.05) is 11.9 Å². The van der Waals surface area contributed by atoms with Gasteiger partial charge in [-0.3, -0.25) is 14.5 Å². The molecule has 6 heteroatoms. The van der Waals surface area contributed by atoms with E-state index in [-0.39, 0.29) is 5.56 Å². The number of aromatic amines is 1. The molecule has 6 nitrogen and oxygen atoms in total. The molecule has 0 amide bonds. The van der Waals surface area contributed by atoms with Crippen molar-refractivity contribution >= 4 is 17.0 Å². The van der Waals surface area contributed by atoms with Crippen LogP contribution in [-0.4, -0.2) is 26.3 Å². The van der Waals surface area contributed by atoms with Crippen LogP contribution in [-0.2, 0) is 7.05 Å². The van der Waals surface area contributed by atoms with Crippen molar-refractivity contribution in [2.45, 2.75) is 6.92 Å². The first kappa shape index (κ1) is 8.74. The van der Waals surface area contributed by atoms with E-state index in [1.54, 1.807) is 11.7 Å². The van der Waals surface area contributed by atoms with E-state index in [0.717, 1.165) is 0 Å². The molecule has 0 radical (unpaired) electrons. The van der Waals surface area contributed by atoms with Crippen LogP contribution >= 0.6 is 0 Å². The molecule has 0 atom stereocenters. The minimum absolute atomic E-state index is 0.168. The summed E-state index contributed by atoms with van der Waals surface area (Å²) in [6.07, 6.45) is 1.51. The number of hydrogen-bond donors (Lipinski definition) is 2. The Balaban J connectivity index is 2.69. The van der Waals surface area contributed by atoms with Gasteiger partial charge in [0, 0.05) is 13.6 Å². The van der Waals surface area contributed by atoms with E-state index in [9.17, 15) is 4.79 Å². The average Bonchev–Trinajstić information content (AvgIpc) is 2.49. The monoisotopic (exact) mass is 193 g/mol. The summed E-state index contributed by atoms with van der Waals surface area (Å²) < 4.78 is 1.57. The lowest BCUT2D eigenvalue weighted by Gasteiger charge is -2.01. The molecule has 2 aromatic rings. The van der Waals surface area contributed by atoms with Crippen molar-refractivity contribution in [2.24, 2.45) is 7.05 Å². The average molecular weight is 193 g/mol. The molecule has 0 bridgehead atoms. The molecular weight excluding hydrogens is 182 g/mol. The van der Waals surface area contributed by atoms with E-state index in [2.05, 4.69) is 20.4 Å². The molecule has 2 heterocycles. The maximum Gasteiger partial charge on any atom is 0.263 e. The van der Waals surface area contributed by atoms with E-state index in [0.29, 0.717) is 23.5 Å². The highest BCUT2D eigenvalue weighted by Gasteiger charge is 2.06. The normalized spacial score (nSPS) is 10.7. The standard InChI is InChI=1S/C8H11N5O/c1-3-9-8-11-6-5(7(14)12-8)4-10-13(6)2/h4H,3H2,1-2H3,(H2,9,11,12,14). The first-order chi connectivity index (χ1) is 6.72. The molecule has 0 aliphatic carbocycles. The third-order valence-corrected chi connectivity index (χ3v) is 1.95. The number of anilines is 1. The Labute approximate surface area is 80.0 Å². The van der Waals surface area contributed by atoms with Gasteiger partial charge < -0.3 is 5.32 Å². The molecule has 0 saturated carbocycles. The van der Waals surface area contributed by atoms with E-state index >= 15 is 0 Å². The Morgan fingerprint density at radius 1 is 1.64 bits per heavy atom. The maximum absolute atomic E-state index is 11.5. The van der Waals surface area contributed by atoms with Gasteiger partial charge in [0.15, 0.2) is 5.65 Å². The molecule has 0 aliphatic heterocycles. The summed E-state index contributed by atoms with van der Waals surface area (Å²) in [4.78, 5) is 18.4. The minimum Gasteiger partial charge on any atom is -0.356 e. The molecule has 2 N–H and O–H groups in total. The van der Waals surface area contributed by atoms with Crippen molar-refractivity contribution < 1.29 is 0 Å². The predicted octanol–water partition coefficient (Wildman–Crippen LogP) is 0.0884. The molecule has 0 unspecified atom stereocenters. The molecule has 0 fully saturated rings. The quantitative estimate of drug-likeness (QED) is 0.708. The number of aromatic nitrogens is 4. The van der Waals surface area contributed by atoms with Gasteiger partial charge in [-0.2, -0.15) is 10.1 Å². The third-order valence-electron chi connectivity index (χ3n) is 1.95. The summed E-state index contributed by atoms with van der Waals surface area (Å²) in [5.41, 5.74) is 0.420. The first-order valence-corrected chi connectivity index (χ1v) is 4.38. The second-order valence-electron chi connectivity index (χ2n) is 2.95. The molecule has 2 aromatic heterocycles. The molecule has 14 heavy (non-hydrogen) atoms. The number of H-pyrrole nitrogens is 1. The second-order valence-corrected chi connectivity index (χ2v) is 2.95. The fraction of sp³-hybridized carbons (Fsp3) is 0.375. The topological polar surface area (TPSA) is 75.6 Å². The molecule has 0 aromatic carbocycles. The molecule has 0 saturated heterocycles. The largest absolute Gasteiger partial charge is 0.356 e. The molecule has 74 valence electrons. The summed E-state index contributed by atoms with van der Waals surface area (Å²) in [5.74, 6) is 0.480. The van der Waals surface area contributed by atoms with Gasteiger partial charge in [-0.05, 0) is 6.92 Å². The van der Waals surface area contributed by atoms with E-state index < -0.39 is 0 Å². The van der Waals surface area contributed by atoms with Gasteiger partial charge in [-0.25, -0.2) is 0 Å². The van der Waals surface area contributed by atoms with Crippen molar-refractivity contribution in [3.05, 3.63) is 16.6 Å². The van der Waals surface area contributed by atoms with Crippen LogP contribution < -0.4 is 10.9 Å². The zero-order chi connectivity index (χ0) is 10.1. The Morgan fingerprint density at radius 3 is 3.14 bits per heavy atom. The number of hydrogen-bond acceptors (Lipinski definition) is 4. The fourth-order valence-electron chi connectivity index (χ4n) is 1.28. The Bertz CT molecular complexity index is 512.